The summed E-state index contributed by atoms with van der Waals surface area (Å²) in [5, 5.41) is 59.9. The van der Waals surface area contributed by atoms with Crippen molar-refractivity contribution in [3.63, 3.8) is 0 Å². The zero-order valence-corrected chi connectivity index (χ0v) is 80.9. The van der Waals surface area contributed by atoms with Crippen molar-refractivity contribution in [1.82, 2.24) is 85.1 Å². The molecule has 1 aromatic rings. The first-order valence-electron chi connectivity index (χ1n) is 45.2. The number of nitrogens with one attached hydrogen (secondary N) is 16. The summed E-state index contributed by atoms with van der Waals surface area (Å²) in [6.07, 6.45) is 1.34. The summed E-state index contributed by atoms with van der Waals surface area (Å²) in [6.45, 7) is 12.9. The van der Waals surface area contributed by atoms with Gasteiger partial charge in [-0.3, -0.25) is 81.7 Å². The lowest BCUT2D eigenvalue weighted by molar-refractivity contribution is -0.141. The summed E-state index contributed by atoms with van der Waals surface area (Å²) >= 11 is 0.871. The molecule has 2 heterocycles. The number of primary amides is 1. The molecular weight excluding hydrogens is 1850 g/mol. The molecule has 2 aliphatic rings. The third kappa shape index (κ3) is 57.2. The van der Waals surface area contributed by atoms with Gasteiger partial charge in [0.2, 0.25) is 88.6 Å². The van der Waals surface area contributed by atoms with Gasteiger partial charge in [0.25, 0.3) is 0 Å². The number of benzene rings is 1. The van der Waals surface area contributed by atoms with Crippen molar-refractivity contribution in [3.05, 3.63) is 45.7 Å². The van der Waals surface area contributed by atoms with Gasteiger partial charge >= 0.3 is 5.97 Å². The Morgan fingerprint density at radius 3 is 1.38 bits per heavy atom. The van der Waals surface area contributed by atoms with Gasteiger partial charge in [-0.2, -0.15) is 9.81 Å². The Labute approximate surface area is 803 Å². The third-order valence-corrected chi connectivity index (χ3v) is 24.3. The van der Waals surface area contributed by atoms with Gasteiger partial charge in [-0.25, -0.2) is 0 Å². The van der Waals surface area contributed by atoms with Crippen molar-refractivity contribution in [2.24, 2.45) is 38.5 Å². The van der Waals surface area contributed by atoms with Crippen LogP contribution in [0.15, 0.2) is 45.7 Å². The molecule has 3 rings (SSSR count). The van der Waals surface area contributed by atoms with E-state index in [1.807, 2.05) is 27.7 Å². The number of carboxylic acids is 1. The minimum atomic E-state index is -1.86. The molecule has 0 spiro atoms. The number of fused-ring (bicyclic) bond motifs is 5. The fourth-order valence-corrected chi connectivity index (χ4v) is 15.6. The number of nitrogens with zero attached hydrogens (tertiary/aromatic N) is 3. The number of carboxylic acid groups (broad SMARTS) is 1. The van der Waals surface area contributed by atoms with E-state index < -0.39 is 173 Å². The van der Waals surface area contributed by atoms with E-state index in [1.54, 1.807) is 44.2 Å². The quantitative estimate of drug-likeness (QED) is 0.00954. The molecular formula is C84H142N22O27S3. The molecule has 1 aromatic carbocycles. The van der Waals surface area contributed by atoms with E-state index in [0.717, 1.165) is 46.2 Å². The van der Waals surface area contributed by atoms with Crippen LogP contribution in [0.5, 0.6) is 0 Å². The minimum absolute atomic E-state index is 0.00722. The Hall–Kier alpha value is -10.1. The lowest BCUT2D eigenvalue weighted by Gasteiger charge is -2.31. The summed E-state index contributed by atoms with van der Waals surface area (Å²) in [5.74, 6) is -14.3. The highest BCUT2D eigenvalue weighted by molar-refractivity contribution is 8.76. The van der Waals surface area contributed by atoms with E-state index in [1.165, 1.54) is 0 Å². The number of amides is 15. The lowest BCUT2D eigenvalue weighted by Crippen LogP contribution is -2.60. The Morgan fingerprint density at radius 1 is 0.456 bits per heavy atom. The number of carbonyl (C=O) groups excluding carboxylic acids is 15. The number of unbranched alkanes of at least 4 members (excludes halogenated alkanes) is 1. The summed E-state index contributed by atoms with van der Waals surface area (Å²) in [5.41, 5.74) is 15.5. The third-order valence-electron chi connectivity index (χ3n) is 20.8. The van der Waals surface area contributed by atoms with Crippen LogP contribution in [0.4, 0.5) is 0 Å². The Bertz CT molecular complexity index is 3860. The smallest absolute Gasteiger partial charge is 0.305 e. The lowest BCUT2D eigenvalue weighted by atomic mass is 9.92. The summed E-state index contributed by atoms with van der Waals surface area (Å²) in [4.78, 5) is 241. The summed E-state index contributed by atoms with van der Waals surface area (Å²) in [7, 11) is 1.79. The van der Waals surface area contributed by atoms with Crippen molar-refractivity contribution < 1.29 is 120 Å². The maximum atomic E-state index is 14.8. The van der Waals surface area contributed by atoms with Crippen LogP contribution in [0, 0.1) is 15.7 Å². The molecule has 2 saturated heterocycles. The van der Waals surface area contributed by atoms with Gasteiger partial charge < -0.3 is 145 Å². The second kappa shape index (κ2) is 71.3. The van der Waals surface area contributed by atoms with E-state index in [0.29, 0.717) is 31.6 Å². The van der Waals surface area contributed by atoms with E-state index in [9.17, 15) is 91.6 Å². The molecule has 2 aliphatic heterocycles. The fraction of sp³-hybridized carbons (Fsp3) is 0.726. The molecule has 2 unspecified atom stereocenters. The van der Waals surface area contributed by atoms with Crippen LogP contribution in [0.3, 0.4) is 0 Å². The van der Waals surface area contributed by atoms with Crippen LogP contribution in [0.1, 0.15) is 124 Å². The topological polar surface area (TPSA) is 709 Å². The van der Waals surface area contributed by atoms with Gasteiger partial charge in [-0.15, -0.1) is 11.8 Å². The zero-order valence-electron chi connectivity index (χ0n) is 78.4. The van der Waals surface area contributed by atoms with Crippen LogP contribution in [-0.2, 0) is 121 Å². The molecule has 0 aliphatic carbocycles. The SMILES string of the molecule is CC(N=O)C(C)(C)NCCC(CCNC(=O)CCCC(=O)NCCCC[C@@H]1NC(=O)CSC[C@@H](C(=O)NCCOCCOCCOCCNC(=O)COCC(=O)NCCOCCOCCOCCNC(=O)COCC(N)=O)NC(=O)[C@H](Cc2ccccc2)NC(=O)[C@@H]2CSSC[C@H](NC1=O)C(=O)N[C@@H](CCCN=C(N)N)C(=O)NCC(=O)N[C@@H](CC(=O)O)C(=O)N2)CCNC(C)(C)C(C)N=O. The second-order valence-corrected chi connectivity index (χ2v) is 36.3. The van der Waals surface area contributed by atoms with Gasteiger partial charge in [0, 0.05) is 93.4 Å². The summed E-state index contributed by atoms with van der Waals surface area (Å²) < 4.78 is 43.0. The highest BCUT2D eigenvalue weighted by Gasteiger charge is 2.37. The largest absolute Gasteiger partial charge is 0.481 e. The average Bonchev–Trinajstić information content (AvgIpc) is 1.20. The number of guanidine groups is 1. The fourth-order valence-electron chi connectivity index (χ4n) is 12.4. The number of hydrogen-bond donors (Lipinski definition) is 20. The molecule has 23 N–H and O–H groups in total. The number of ether oxygens (including phenoxy) is 8. The van der Waals surface area contributed by atoms with Crippen molar-refractivity contribution in [3.8, 4) is 0 Å². The monoisotopic (exact) mass is 1990 g/mol. The van der Waals surface area contributed by atoms with E-state index in [4.69, 9.17) is 55.1 Å². The Morgan fingerprint density at radius 2 is 0.890 bits per heavy atom. The second-order valence-electron chi connectivity index (χ2n) is 32.7. The number of aliphatic imine (C=N–C) groups is 1. The van der Waals surface area contributed by atoms with Crippen LogP contribution < -0.4 is 102 Å². The number of aliphatic carboxylic acids is 1. The van der Waals surface area contributed by atoms with Gasteiger partial charge in [0.05, 0.1) is 98.0 Å². The Kier molecular flexibility index (Phi) is 63.0. The van der Waals surface area contributed by atoms with Gasteiger partial charge in [0.15, 0.2) is 5.96 Å². The zero-order chi connectivity index (χ0) is 100. The van der Waals surface area contributed by atoms with E-state index in [-0.39, 0.29) is 238 Å². The van der Waals surface area contributed by atoms with Crippen LogP contribution in [0.25, 0.3) is 0 Å². The van der Waals surface area contributed by atoms with Crippen LogP contribution in [0.2, 0.25) is 0 Å². The Balaban J connectivity index is 1.72. The maximum absolute atomic E-state index is 14.8. The molecule has 52 heteroatoms. The molecule has 9 atom stereocenters. The first-order valence-corrected chi connectivity index (χ1v) is 48.8. The predicted octanol–water partition coefficient (Wildman–Crippen LogP) is -5.10. The number of hydrogen-bond acceptors (Lipinski definition) is 34. The van der Waals surface area contributed by atoms with Crippen molar-refractivity contribution in [1.29, 1.82) is 0 Å². The number of nitrogens with two attached hydrogens (primary N) is 3. The minimum Gasteiger partial charge on any atom is -0.481 e. The molecule has 2 fully saturated rings. The molecule has 136 heavy (non-hydrogen) atoms. The number of thioether (sulfide) groups is 1. The molecule has 0 radical (unpaired) electrons. The van der Waals surface area contributed by atoms with Gasteiger partial charge in [-0.1, -0.05) is 62.3 Å². The van der Waals surface area contributed by atoms with E-state index in [2.05, 4.69) is 100 Å². The van der Waals surface area contributed by atoms with Crippen molar-refractivity contribution in [2.45, 2.75) is 190 Å². The number of rotatable bonds is 65. The molecule has 0 saturated carbocycles. The summed E-state index contributed by atoms with van der Waals surface area (Å²) in [6, 6.07) is -3.48. The predicted molar refractivity (Wildman–Crippen MR) is 505 cm³/mol. The molecule has 15 amide bonds. The first kappa shape index (κ1) is 120. The maximum Gasteiger partial charge on any atom is 0.305 e. The average molecular weight is 1990 g/mol. The molecule has 0 aromatic heterocycles. The van der Waals surface area contributed by atoms with Crippen LogP contribution in [-0.4, -0.2) is 365 Å². The highest BCUT2D eigenvalue weighted by atomic mass is 33.1. The van der Waals surface area contributed by atoms with E-state index >= 15 is 0 Å². The highest BCUT2D eigenvalue weighted by Crippen LogP contribution is 2.25. The molecule has 49 nitrogen and oxygen atoms in total. The van der Waals surface area contributed by atoms with Gasteiger partial charge in [0.1, 0.15) is 80.8 Å². The standard InChI is InChI=1S/C84H142N22O27S3/c1-55(105-124)83(3,4)96-26-21-57(22-27-97-84(5,6)56(2)106-125)20-25-89-68(109)19-12-18-67(108)88-23-11-10-16-60-77(119)103-64-52-135-136-53-65(104-79(121)62(45-74(115)116)99-69(110)46-95-75(117)59(100-80(64)122)17-13-24-94-82(86)87)81(123)101-61(44-58-14-8-7-9-15-58)78(120)102-63(51-134-54-73(114)98-60)76(118)93-31-35-129-39-43-131-42-38-128-34-30-92-72(113)50-133-49-71(112)91-29-33-127-37-41-130-40-36-126-32-28-90-70(111)48-132-47-66(85)107/h7-9,14-15,55-57,59-65,96-97H,10-13,16-54H2,1-6H3,(H2,85,107)(H,88,108)(H,89,109)(H,90,111)(H,91,112)(H,92,113)(H,93,118)(H,95,117)(H,98,114)(H,99,110)(H,100,122)(H,101,123)(H,102,120)(H,103,119)(H,104,121)(H,115,116)(H4,86,87,94)/t55?,56?,57?,59-,60-,61-,62-,63-,64-,65-/m0/s1. The first-order chi connectivity index (χ1) is 65.0. The molecule has 768 valence electrons. The normalized spacial score (nSPS) is 18.8. The van der Waals surface area contributed by atoms with Gasteiger partial charge in [-0.05, 0) is 124 Å². The number of carbonyl (C=O) groups is 16. The number of nitroso groups, excluding NO2 is 2. The molecule has 2 bridgehead atoms. The van der Waals surface area contributed by atoms with Crippen molar-refractivity contribution in [2.75, 3.05) is 194 Å². The van der Waals surface area contributed by atoms with Crippen molar-refractivity contribution >= 4 is 134 Å². The van der Waals surface area contributed by atoms with Crippen LogP contribution >= 0.6 is 33.3 Å².